The summed E-state index contributed by atoms with van der Waals surface area (Å²) < 4.78 is 0. The third-order valence-corrected chi connectivity index (χ3v) is 4.12. The van der Waals surface area contributed by atoms with Crippen molar-refractivity contribution >= 4 is 12.0 Å². The molecule has 2 unspecified atom stereocenters. The van der Waals surface area contributed by atoms with Gasteiger partial charge in [-0.3, -0.25) is 4.79 Å². The molecule has 6 heteroatoms. The zero-order valence-electron chi connectivity index (χ0n) is 11.5. The van der Waals surface area contributed by atoms with Crippen LogP contribution in [0.4, 0.5) is 4.79 Å². The fourth-order valence-electron chi connectivity index (χ4n) is 2.89. The van der Waals surface area contributed by atoms with Gasteiger partial charge < -0.3 is 20.2 Å². The molecule has 2 rings (SSSR count). The molecule has 2 saturated heterocycles. The Labute approximate surface area is 113 Å². The molecule has 2 aliphatic rings. The lowest BCUT2D eigenvalue weighted by atomic mass is 9.99. The Morgan fingerprint density at radius 1 is 1.26 bits per heavy atom. The molecule has 2 amide bonds. The van der Waals surface area contributed by atoms with E-state index in [2.05, 4.69) is 10.2 Å². The number of carbonyl (C=O) groups is 2. The van der Waals surface area contributed by atoms with E-state index in [1.165, 1.54) is 12.8 Å². The van der Waals surface area contributed by atoms with Gasteiger partial charge in [0.25, 0.3) is 0 Å². The van der Waals surface area contributed by atoms with Gasteiger partial charge in [0.1, 0.15) is 0 Å². The predicted molar refractivity (Wildman–Crippen MR) is 70.9 cm³/mol. The van der Waals surface area contributed by atoms with E-state index >= 15 is 0 Å². The van der Waals surface area contributed by atoms with Crippen molar-refractivity contribution in [2.75, 3.05) is 39.3 Å². The number of amides is 2. The van der Waals surface area contributed by atoms with Crippen LogP contribution in [0.3, 0.4) is 0 Å². The summed E-state index contributed by atoms with van der Waals surface area (Å²) in [6.45, 7) is 6.52. The number of carboxylic acids is 1. The van der Waals surface area contributed by atoms with Crippen LogP contribution in [-0.2, 0) is 4.79 Å². The van der Waals surface area contributed by atoms with Gasteiger partial charge in [-0.15, -0.1) is 0 Å². The van der Waals surface area contributed by atoms with Crippen LogP contribution in [0.1, 0.15) is 19.8 Å². The smallest absolute Gasteiger partial charge is 0.317 e. The van der Waals surface area contributed by atoms with Gasteiger partial charge in [0, 0.05) is 26.2 Å². The summed E-state index contributed by atoms with van der Waals surface area (Å²) in [4.78, 5) is 26.9. The summed E-state index contributed by atoms with van der Waals surface area (Å²) in [6, 6.07) is -0.130. The molecule has 6 nitrogen and oxygen atoms in total. The minimum absolute atomic E-state index is 0.0295. The summed E-state index contributed by atoms with van der Waals surface area (Å²) in [6.07, 6.45) is 2.50. The van der Waals surface area contributed by atoms with Crippen molar-refractivity contribution in [3.05, 3.63) is 0 Å². The highest BCUT2D eigenvalue weighted by Gasteiger charge is 2.36. The molecule has 2 fully saturated rings. The molecule has 0 aromatic rings. The van der Waals surface area contributed by atoms with E-state index in [9.17, 15) is 9.59 Å². The Morgan fingerprint density at radius 2 is 1.95 bits per heavy atom. The Balaban J connectivity index is 1.70. The second kappa shape index (κ2) is 6.23. The minimum Gasteiger partial charge on any atom is -0.481 e. The number of urea groups is 1. The first kappa shape index (κ1) is 14.1. The van der Waals surface area contributed by atoms with Gasteiger partial charge in [0.15, 0.2) is 0 Å². The fourth-order valence-corrected chi connectivity index (χ4v) is 2.89. The molecule has 0 radical (unpaired) electrons. The Morgan fingerprint density at radius 3 is 2.53 bits per heavy atom. The third-order valence-electron chi connectivity index (χ3n) is 4.12. The van der Waals surface area contributed by atoms with Crippen molar-refractivity contribution in [3.8, 4) is 0 Å². The Hall–Kier alpha value is -1.30. The van der Waals surface area contributed by atoms with E-state index in [1.807, 2.05) is 6.92 Å². The summed E-state index contributed by atoms with van der Waals surface area (Å²) in [5.41, 5.74) is 0. The molecule has 0 saturated carbocycles. The first-order chi connectivity index (χ1) is 9.08. The van der Waals surface area contributed by atoms with Crippen LogP contribution in [0.25, 0.3) is 0 Å². The first-order valence-corrected chi connectivity index (χ1v) is 7.06. The SMILES string of the molecule is CC1CN(C(=O)NCCN2CCCC2)CC1C(=O)O. The van der Waals surface area contributed by atoms with Crippen LogP contribution < -0.4 is 5.32 Å². The van der Waals surface area contributed by atoms with Gasteiger partial charge in [-0.1, -0.05) is 6.92 Å². The molecule has 108 valence electrons. The van der Waals surface area contributed by atoms with Crippen molar-refractivity contribution < 1.29 is 14.7 Å². The molecule has 0 bridgehead atoms. The average molecular weight is 269 g/mol. The van der Waals surface area contributed by atoms with Crippen molar-refractivity contribution in [2.45, 2.75) is 19.8 Å². The summed E-state index contributed by atoms with van der Waals surface area (Å²) >= 11 is 0. The number of nitrogens with zero attached hydrogens (tertiary/aromatic N) is 2. The van der Waals surface area contributed by atoms with Crippen LogP contribution >= 0.6 is 0 Å². The van der Waals surface area contributed by atoms with Crippen molar-refractivity contribution in [1.82, 2.24) is 15.1 Å². The first-order valence-electron chi connectivity index (χ1n) is 7.06. The summed E-state index contributed by atoms with van der Waals surface area (Å²) in [5, 5.41) is 11.9. The quantitative estimate of drug-likeness (QED) is 0.777. The van der Waals surface area contributed by atoms with E-state index in [1.54, 1.807) is 4.90 Å². The number of hydrogen-bond donors (Lipinski definition) is 2. The number of likely N-dealkylation sites (tertiary alicyclic amines) is 2. The molecule has 2 atom stereocenters. The zero-order chi connectivity index (χ0) is 13.8. The minimum atomic E-state index is -0.806. The van der Waals surface area contributed by atoms with Crippen LogP contribution in [0, 0.1) is 11.8 Å². The van der Waals surface area contributed by atoms with Crippen LogP contribution in [-0.4, -0.2) is 66.2 Å². The van der Waals surface area contributed by atoms with E-state index < -0.39 is 11.9 Å². The molecule has 2 aliphatic heterocycles. The van der Waals surface area contributed by atoms with Crippen LogP contribution in [0.2, 0.25) is 0 Å². The van der Waals surface area contributed by atoms with E-state index in [-0.39, 0.29) is 11.9 Å². The molecule has 2 N–H and O–H groups in total. The number of hydrogen-bond acceptors (Lipinski definition) is 3. The number of rotatable bonds is 4. The molecule has 0 aliphatic carbocycles. The average Bonchev–Trinajstić information content (AvgIpc) is 2.98. The largest absolute Gasteiger partial charge is 0.481 e. The van der Waals surface area contributed by atoms with Gasteiger partial charge >= 0.3 is 12.0 Å². The summed E-state index contributed by atoms with van der Waals surface area (Å²) in [7, 11) is 0. The van der Waals surface area contributed by atoms with Gasteiger partial charge in [0.2, 0.25) is 0 Å². The highest BCUT2D eigenvalue weighted by atomic mass is 16.4. The lowest BCUT2D eigenvalue weighted by molar-refractivity contribution is -0.142. The van der Waals surface area contributed by atoms with E-state index in [4.69, 9.17) is 5.11 Å². The maximum atomic E-state index is 11.9. The van der Waals surface area contributed by atoms with Gasteiger partial charge in [0.05, 0.1) is 5.92 Å². The van der Waals surface area contributed by atoms with E-state index in [0.29, 0.717) is 19.6 Å². The number of nitrogens with one attached hydrogen (secondary N) is 1. The van der Waals surface area contributed by atoms with Gasteiger partial charge in [-0.2, -0.15) is 0 Å². The number of carboxylic acid groups (broad SMARTS) is 1. The second-order valence-electron chi connectivity index (χ2n) is 5.61. The van der Waals surface area contributed by atoms with E-state index in [0.717, 1.165) is 19.6 Å². The lowest BCUT2D eigenvalue weighted by Crippen LogP contribution is -2.42. The predicted octanol–water partition coefficient (Wildman–Crippen LogP) is 0.444. The number of carbonyl (C=O) groups excluding carboxylic acids is 1. The topological polar surface area (TPSA) is 72.9 Å². The normalized spacial score (nSPS) is 27.7. The molecule has 0 spiro atoms. The zero-order valence-corrected chi connectivity index (χ0v) is 11.5. The molecule has 0 aromatic heterocycles. The molecular weight excluding hydrogens is 246 g/mol. The molecule has 19 heavy (non-hydrogen) atoms. The molecule has 0 aromatic carbocycles. The standard InChI is InChI=1S/C13H23N3O3/c1-10-8-16(9-11(10)12(17)18)13(19)14-4-7-15-5-2-3-6-15/h10-11H,2-9H2,1H3,(H,14,19)(H,17,18). The van der Waals surface area contributed by atoms with Crippen LogP contribution in [0.15, 0.2) is 0 Å². The van der Waals surface area contributed by atoms with Crippen molar-refractivity contribution in [2.24, 2.45) is 11.8 Å². The molecular formula is C13H23N3O3. The second-order valence-corrected chi connectivity index (χ2v) is 5.61. The third kappa shape index (κ3) is 3.59. The highest BCUT2D eigenvalue weighted by Crippen LogP contribution is 2.22. The number of aliphatic carboxylic acids is 1. The van der Waals surface area contributed by atoms with Crippen LogP contribution in [0.5, 0.6) is 0 Å². The maximum Gasteiger partial charge on any atom is 0.317 e. The fraction of sp³-hybridized carbons (Fsp3) is 0.846. The van der Waals surface area contributed by atoms with Gasteiger partial charge in [-0.25, -0.2) is 4.79 Å². The molecule has 2 heterocycles. The maximum absolute atomic E-state index is 11.9. The Bertz CT molecular complexity index is 342. The summed E-state index contributed by atoms with van der Waals surface area (Å²) in [5.74, 6) is -1.20. The lowest BCUT2D eigenvalue weighted by Gasteiger charge is -2.19. The van der Waals surface area contributed by atoms with Gasteiger partial charge in [-0.05, 0) is 31.8 Å². The highest BCUT2D eigenvalue weighted by molar-refractivity contribution is 5.77. The van der Waals surface area contributed by atoms with Crippen molar-refractivity contribution in [1.29, 1.82) is 0 Å². The monoisotopic (exact) mass is 269 g/mol. The van der Waals surface area contributed by atoms with Crippen molar-refractivity contribution in [3.63, 3.8) is 0 Å². The Kier molecular flexibility index (Phi) is 4.63.